The molecular weight excluding hydrogens is 467 g/mol. The van der Waals surface area contributed by atoms with Crippen LogP contribution in [0, 0.1) is 18.7 Å². The van der Waals surface area contributed by atoms with Crippen LogP contribution in [-0.2, 0) is 9.53 Å². The number of alkyl carbamates (subject to hydrolysis) is 1. The van der Waals surface area contributed by atoms with Crippen LogP contribution < -0.4 is 40.6 Å². The van der Waals surface area contributed by atoms with E-state index in [0.29, 0.717) is 17.9 Å². The van der Waals surface area contributed by atoms with Crippen molar-refractivity contribution in [3.05, 3.63) is 30.6 Å². The molecule has 0 spiro atoms. The maximum absolute atomic E-state index is 12.0. The van der Waals surface area contributed by atoms with E-state index in [4.69, 9.17) is 10.5 Å². The minimum absolute atomic E-state index is 0. The van der Waals surface area contributed by atoms with E-state index >= 15 is 0 Å². The van der Waals surface area contributed by atoms with Crippen molar-refractivity contribution in [2.24, 2.45) is 0 Å². The fourth-order valence-electron chi connectivity index (χ4n) is 3.65. The Balaban J connectivity index is 0.000000938. The quantitative estimate of drug-likeness (QED) is 0.457. The van der Waals surface area contributed by atoms with Crippen LogP contribution >= 0.6 is 0 Å². The van der Waals surface area contributed by atoms with Gasteiger partial charge in [0.05, 0.1) is 0 Å². The molecule has 36 heavy (non-hydrogen) atoms. The number of nitrogens with one attached hydrogen (secondary N) is 1. The van der Waals surface area contributed by atoms with Gasteiger partial charge in [-0.2, -0.15) is 6.42 Å². The number of allylic oxidation sites excluding steroid dienone is 1. The third kappa shape index (κ3) is 12.4. The van der Waals surface area contributed by atoms with Gasteiger partial charge in [0.2, 0.25) is 5.91 Å². The van der Waals surface area contributed by atoms with Crippen LogP contribution in [0.2, 0.25) is 0 Å². The van der Waals surface area contributed by atoms with Gasteiger partial charge in [-0.3, -0.25) is 4.79 Å². The van der Waals surface area contributed by atoms with E-state index in [2.05, 4.69) is 38.9 Å². The van der Waals surface area contributed by atoms with E-state index in [1.807, 2.05) is 46.4 Å². The summed E-state index contributed by atoms with van der Waals surface area (Å²) in [7, 11) is 0. The number of anilines is 1. The predicted octanol–water partition coefficient (Wildman–Crippen LogP) is 0.875. The van der Waals surface area contributed by atoms with E-state index in [-0.39, 0.29) is 41.5 Å². The van der Waals surface area contributed by atoms with Gasteiger partial charge in [0.1, 0.15) is 5.60 Å². The number of carbonyl (C=O) groups is 2. The molecule has 1 unspecified atom stereocenters. The molecule has 3 N–H and O–H groups in total. The largest absolute Gasteiger partial charge is 1.00 e. The molecule has 0 bridgehead atoms. The molecule has 1 aromatic rings. The van der Waals surface area contributed by atoms with Gasteiger partial charge in [0.25, 0.3) is 0 Å². The van der Waals surface area contributed by atoms with Gasteiger partial charge >= 0.3 is 35.7 Å². The van der Waals surface area contributed by atoms with Gasteiger partial charge < -0.3 is 48.1 Å². The molecule has 1 aromatic heterocycles. The van der Waals surface area contributed by atoms with Crippen LogP contribution in [0.15, 0.2) is 6.33 Å². The maximum atomic E-state index is 12.0. The number of nitrogen functional groups attached to an aromatic ring is 1. The summed E-state index contributed by atoms with van der Waals surface area (Å²) in [5.41, 5.74) is 6.97. The summed E-state index contributed by atoms with van der Waals surface area (Å²) >= 11 is 0. The van der Waals surface area contributed by atoms with Crippen LogP contribution in [0.4, 0.5) is 10.6 Å². The number of amides is 2. The van der Waals surface area contributed by atoms with E-state index in [0.717, 1.165) is 51.0 Å². The number of hydrogen-bond acceptors (Lipinski definition) is 7. The van der Waals surface area contributed by atoms with Crippen LogP contribution in [0.3, 0.4) is 0 Å². The Morgan fingerprint density at radius 2 is 2.00 bits per heavy atom. The number of rotatable bonds is 4. The van der Waals surface area contributed by atoms with Crippen LogP contribution in [0.1, 0.15) is 79.7 Å². The van der Waals surface area contributed by atoms with E-state index in [1.54, 1.807) is 6.92 Å². The first-order valence-corrected chi connectivity index (χ1v) is 12.5. The van der Waals surface area contributed by atoms with Crippen molar-refractivity contribution in [1.82, 2.24) is 25.1 Å². The molecule has 2 aliphatic heterocycles. The average Bonchev–Trinajstić information content (AvgIpc) is 3.34. The van der Waals surface area contributed by atoms with Gasteiger partial charge in [0.15, 0.2) is 0 Å². The molecule has 10 heteroatoms. The third-order valence-corrected chi connectivity index (χ3v) is 5.12. The second kappa shape index (κ2) is 17.6. The SMILES string of the molecule is CC.CC(=O)N1C[CH-]CC1.CC[C-]=C(c1[c-]ncnc1N)N1CCCC(NC(=O)OC(C)(C)C)C1.[Na+]. The fraction of sp³-hybridized carbons (Fsp3) is 0.654. The average molecular weight is 511 g/mol. The third-order valence-electron chi connectivity index (χ3n) is 5.12. The minimum atomic E-state index is -0.510. The van der Waals surface area contributed by atoms with Crippen molar-refractivity contribution in [3.8, 4) is 0 Å². The molecule has 2 aliphatic rings. The molecule has 1 atom stereocenters. The number of nitrogens with zero attached hydrogens (tertiary/aromatic N) is 4. The first-order chi connectivity index (χ1) is 16.6. The molecule has 2 fully saturated rings. The molecule has 198 valence electrons. The van der Waals surface area contributed by atoms with Crippen LogP contribution in [0.25, 0.3) is 5.70 Å². The molecule has 3 rings (SSSR count). The number of nitrogens with two attached hydrogens (primary N) is 1. The molecule has 0 radical (unpaired) electrons. The second-order valence-corrected chi connectivity index (χ2v) is 9.10. The number of piperidine rings is 1. The standard InChI is InChI=1S/C18H27N5O2.C6H10NO.C2H6.Na/c1-5-7-15(14-10-20-12-21-16(14)19)23-9-6-8-13(11-23)22-17(24)25-18(2,3)4;1-6(8)7-4-2-3-5-7;1-2;/h12-13H,5-6,8-9,11H2,1-4H3,(H,22,24)(H2,19,20,21);2H,3-5H2,1H3;1-2H3;/q-2;-1;;+1. The van der Waals surface area contributed by atoms with E-state index < -0.39 is 11.7 Å². The Kier molecular flexibility index (Phi) is 16.7. The smallest absolute Gasteiger partial charge is 0.444 e. The minimum Gasteiger partial charge on any atom is -0.444 e. The van der Waals surface area contributed by atoms with Crippen molar-refractivity contribution >= 4 is 23.5 Å². The number of likely N-dealkylation sites (tertiary alicyclic amines) is 2. The topological polar surface area (TPSA) is 114 Å². The van der Waals surface area contributed by atoms with Crippen molar-refractivity contribution < 1.29 is 43.9 Å². The predicted molar refractivity (Wildman–Crippen MR) is 139 cm³/mol. The molecule has 0 aliphatic carbocycles. The van der Waals surface area contributed by atoms with Crippen molar-refractivity contribution in [2.45, 2.75) is 85.8 Å². The zero-order chi connectivity index (χ0) is 26.4. The molecule has 2 amide bonds. The normalized spacial score (nSPS) is 17.5. The summed E-state index contributed by atoms with van der Waals surface area (Å²) in [4.78, 5) is 34.6. The van der Waals surface area contributed by atoms with Crippen molar-refractivity contribution in [1.29, 1.82) is 0 Å². The van der Waals surface area contributed by atoms with Gasteiger partial charge in [-0.05, 0) is 46.0 Å². The molecule has 3 heterocycles. The van der Waals surface area contributed by atoms with E-state index in [9.17, 15) is 9.59 Å². The van der Waals surface area contributed by atoms with Crippen molar-refractivity contribution in [3.63, 3.8) is 0 Å². The van der Waals surface area contributed by atoms with E-state index in [1.165, 1.54) is 6.33 Å². The number of aromatic nitrogens is 2. The Bertz CT molecular complexity index is 822. The number of carbonyl (C=O) groups excluding carboxylic acids is 2. The molecule has 0 aromatic carbocycles. The zero-order valence-electron chi connectivity index (χ0n) is 23.5. The molecule has 2 saturated heterocycles. The Hall–Kier alpha value is -1.84. The van der Waals surface area contributed by atoms with Gasteiger partial charge in [0, 0.05) is 32.4 Å². The van der Waals surface area contributed by atoms with Gasteiger partial charge in [-0.15, -0.1) is 19.2 Å². The summed E-state index contributed by atoms with van der Waals surface area (Å²) in [5.74, 6) is 0.576. The molecule has 0 saturated carbocycles. The number of ether oxygens (including phenoxy) is 1. The Labute approximate surface area is 239 Å². The van der Waals surface area contributed by atoms with Crippen LogP contribution in [-0.4, -0.2) is 69.6 Å². The second-order valence-electron chi connectivity index (χ2n) is 9.10. The first kappa shape index (κ1) is 34.2. The summed E-state index contributed by atoms with van der Waals surface area (Å²) in [6.07, 6.45) is 13.0. The summed E-state index contributed by atoms with van der Waals surface area (Å²) in [6, 6.07) is 0.00288. The Morgan fingerprint density at radius 1 is 1.31 bits per heavy atom. The zero-order valence-corrected chi connectivity index (χ0v) is 25.5. The summed E-state index contributed by atoms with van der Waals surface area (Å²) < 4.78 is 5.35. The first-order valence-electron chi connectivity index (χ1n) is 12.5. The van der Waals surface area contributed by atoms with Crippen molar-refractivity contribution in [2.75, 3.05) is 31.9 Å². The Morgan fingerprint density at radius 3 is 2.50 bits per heavy atom. The molecular formula is C26H43N6NaO3-2. The monoisotopic (exact) mass is 510 g/mol. The molecule has 9 nitrogen and oxygen atoms in total. The van der Waals surface area contributed by atoms with Gasteiger partial charge in [-0.25, -0.2) is 16.1 Å². The van der Waals surface area contributed by atoms with Gasteiger partial charge in [-0.1, -0.05) is 20.8 Å². The fourth-order valence-corrected chi connectivity index (χ4v) is 3.65. The summed E-state index contributed by atoms with van der Waals surface area (Å²) in [6.45, 7) is 16.5. The van der Waals surface area contributed by atoms with Crippen LogP contribution in [0.5, 0.6) is 0 Å². The number of hydrogen-bond donors (Lipinski definition) is 2. The maximum Gasteiger partial charge on any atom is 1.00 e. The summed E-state index contributed by atoms with van der Waals surface area (Å²) in [5, 5.41) is 2.95.